The number of H-pyrrole nitrogens is 1. The average molecular weight is 1890 g/mol. The van der Waals surface area contributed by atoms with Gasteiger partial charge >= 0.3 is 17.9 Å². The summed E-state index contributed by atoms with van der Waals surface area (Å²) in [5, 5.41) is 98.3. The molecule has 10 atom stereocenters. The number of aliphatic carboxylic acids is 1. The van der Waals surface area contributed by atoms with Gasteiger partial charge in [0.15, 0.2) is 0 Å². The summed E-state index contributed by atoms with van der Waals surface area (Å²) in [6.45, 7) is 16.6. The van der Waals surface area contributed by atoms with Crippen LogP contribution in [-0.2, 0) is 71.3 Å². The first-order chi connectivity index (χ1) is 67.0. The molecule has 746 valence electrons. The van der Waals surface area contributed by atoms with Gasteiger partial charge in [0.05, 0.1) is 35.1 Å². The third-order valence-electron chi connectivity index (χ3n) is 33.7. The lowest BCUT2D eigenvalue weighted by Crippen LogP contribution is -2.55. The Morgan fingerprint density at radius 3 is 0.964 bits per heavy atom. The molecule has 10 bridgehead atoms. The maximum absolute atomic E-state index is 12.0. The number of aryl methyl sites for hydroxylation is 6. The zero-order valence-electron chi connectivity index (χ0n) is 80.4. The van der Waals surface area contributed by atoms with E-state index in [2.05, 4.69) is 138 Å². The van der Waals surface area contributed by atoms with Gasteiger partial charge in [-0.25, -0.2) is 9.59 Å². The normalized spacial score (nSPS) is 26.3. The highest BCUT2D eigenvalue weighted by atomic mass is 16.5. The first kappa shape index (κ1) is 98.9. The number of aromatic nitrogens is 2. The number of methoxy groups -OCH3 is 1. The van der Waals surface area contributed by atoms with Crippen molar-refractivity contribution in [1.29, 1.82) is 0 Å². The van der Waals surface area contributed by atoms with Crippen LogP contribution in [-0.4, -0.2) is 204 Å². The zero-order valence-corrected chi connectivity index (χ0v) is 80.4. The summed E-state index contributed by atoms with van der Waals surface area (Å²) in [4.78, 5) is 53.2. The van der Waals surface area contributed by atoms with Crippen LogP contribution in [0.25, 0.3) is 10.9 Å². The fourth-order valence-electron chi connectivity index (χ4n) is 25.7. The smallest absolute Gasteiger partial charge is 0.339 e. The fraction of sp³-hybridized carbons (Fsp3) is 0.458. The molecule has 15 saturated heterocycles. The fourth-order valence-corrected chi connectivity index (χ4v) is 25.7. The van der Waals surface area contributed by atoms with Gasteiger partial charge in [-0.1, -0.05) is 200 Å². The summed E-state index contributed by atoms with van der Waals surface area (Å²) >= 11 is 0. The van der Waals surface area contributed by atoms with Gasteiger partial charge in [-0.05, 0) is 351 Å². The van der Waals surface area contributed by atoms with Crippen molar-refractivity contribution in [2.24, 2.45) is 59.2 Å². The molecule has 15 aliphatic heterocycles. The zero-order chi connectivity index (χ0) is 95.8. The quantitative estimate of drug-likeness (QED) is 0.0187. The van der Waals surface area contributed by atoms with E-state index < -0.39 is 45.9 Å². The van der Waals surface area contributed by atoms with E-state index in [9.17, 15) is 50.1 Å². The van der Waals surface area contributed by atoms with E-state index in [1.165, 1.54) is 130 Å². The Kier molecular flexibility index (Phi) is 32.4. The number of nitrogens with zero attached hydrogens (tertiary/aromatic N) is 6. The number of rotatable bonds is 32. The number of aromatic amines is 1. The highest BCUT2D eigenvalue weighted by Gasteiger charge is 2.53. The highest BCUT2D eigenvalue weighted by molar-refractivity contribution is 5.91. The molecule has 2 aromatic heterocycles. The highest BCUT2D eigenvalue weighted by Crippen LogP contribution is 2.52. The van der Waals surface area contributed by atoms with Crippen molar-refractivity contribution in [3.63, 3.8) is 0 Å². The molecule has 10 N–H and O–H groups in total. The Morgan fingerprint density at radius 2 is 0.659 bits per heavy atom. The number of aromatic carboxylic acids is 2. The van der Waals surface area contributed by atoms with E-state index in [-0.39, 0.29) is 53.9 Å². The van der Waals surface area contributed by atoms with Crippen molar-refractivity contribution in [2.75, 3.05) is 105 Å². The number of nitrogens with one attached hydrogen (secondary N) is 1. The number of phenols is 1. The third-order valence-corrected chi connectivity index (χ3v) is 33.7. The molecule has 0 aliphatic carbocycles. The Hall–Kier alpha value is -10.7. The molecule has 0 spiro atoms. The standard InChI is InChI=1S/C26H33NO3.C24H28N2O.C24H29NO4.C23H27NO4.C21H26N2O.9H2/c28-25(29)8-4-5-20-9-11-21(12-10-20)13-16-26(30,23-6-2-1-3-7-23)24-19-27-17-14-22(24)15-18-27;27-24(21-4-2-1-3-5-21,22-17-26-14-10-19(22)11-15-26)12-8-18-6-7-23-20(16-18)9-13-25-23;1-29-22-15-17(7-8-20(22)23(26)27)9-12-24(28,19-5-3-2-4-6-19)21-16-25-13-10-18(21)11-14-25;25-21-14-16(6-7-19(21)22(26)27)8-11-23(28,18-4-2-1-3-5-18)20-15-24-12-9-17(20)10-13-24;24-21(19-6-2-1-3-7-19,11-8-17-5-4-12-22-15-17)20-16-23-13-9-18(20)10-14-23;;;;;;;;;/h1-3,6-7,9-12,22,24,30H,4-5,8,13-19H2,(H,28,29);1-7,9,13,16,19,22,25,27H,8,10-12,14-15,17H2;2-8,15,18,21,28H,9-14,16H2,1H3,(H,26,27);1-7,14,17,20,25,28H,8-13,15H2,(H,26,27);1-7,12,15,18,20,24H,8-11,13-14,16H2;9*1H. The van der Waals surface area contributed by atoms with Crippen LogP contribution in [0.4, 0.5) is 0 Å². The maximum atomic E-state index is 12.0. The minimum Gasteiger partial charge on any atom is -0.507 e. The van der Waals surface area contributed by atoms with Crippen LogP contribution in [0.15, 0.2) is 267 Å². The monoisotopic (exact) mass is 1880 g/mol. The molecule has 10 unspecified atom stereocenters. The van der Waals surface area contributed by atoms with Gasteiger partial charge in [-0.2, -0.15) is 0 Å². The summed E-state index contributed by atoms with van der Waals surface area (Å²) < 4.78 is 5.27. The molecule has 0 amide bonds. The van der Waals surface area contributed by atoms with E-state index in [4.69, 9.17) is 14.9 Å². The molecule has 26 rings (SSSR count). The number of pyridine rings is 1. The number of carbonyl (C=O) groups is 3. The number of carboxylic acid groups (broad SMARTS) is 3. The Labute approximate surface area is 828 Å². The lowest BCUT2D eigenvalue weighted by molar-refractivity contribution is -0.137. The predicted octanol–water partition coefficient (Wildman–Crippen LogP) is 20.9. The second kappa shape index (κ2) is 45.3. The van der Waals surface area contributed by atoms with Gasteiger partial charge in [0.1, 0.15) is 22.6 Å². The van der Waals surface area contributed by atoms with Crippen molar-refractivity contribution in [2.45, 2.75) is 176 Å². The Balaban J connectivity index is 0.000000221. The molecule has 138 heavy (non-hydrogen) atoms. The van der Waals surface area contributed by atoms with E-state index in [1.54, 1.807) is 24.4 Å². The van der Waals surface area contributed by atoms with Gasteiger partial charge in [0.2, 0.25) is 0 Å². The minimum atomic E-state index is -1.14. The van der Waals surface area contributed by atoms with Gasteiger partial charge in [-0.3, -0.25) is 9.78 Å². The maximum Gasteiger partial charge on any atom is 0.339 e. The topological polar surface area (TPSA) is 287 Å². The number of hydrogen-bond acceptors (Lipinski definition) is 16. The predicted molar refractivity (Wildman–Crippen MR) is 560 cm³/mol. The van der Waals surface area contributed by atoms with Gasteiger partial charge in [0.25, 0.3) is 0 Å². The van der Waals surface area contributed by atoms with E-state index in [0.717, 1.165) is 168 Å². The number of aliphatic hydroxyl groups is 5. The molecular formula is C118H161N7O13. The molecule has 0 radical (unpaired) electrons. The number of carboxylic acids is 3. The molecule has 0 saturated carbocycles. The number of piperidine rings is 15. The molecule has 17 heterocycles. The number of ether oxygens (including phenoxy) is 1. The van der Waals surface area contributed by atoms with Crippen molar-refractivity contribution >= 4 is 28.8 Å². The summed E-state index contributed by atoms with van der Waals surface area (Å²) in [5.41, 5.74) is 8.96. The Bertz CT molecular complexity index is 5780. The van der Waals surface area contributed by atoms with Crippen LogP contribution >= 0.6 is 0 Å². The van der Waals surface area contributed by atoms with E-state index in [0.29, 0.717) is 79.3 Å². The molecule has 15 aliphatic rings. The summed E-state index contributed by atoms with van der Waals surface area (Å²) in [6, 6.07) is 82.1. The SMILES string of the molecule is COc1cc(CCC(O)(c2ccccc2)C2CN3CCC2CC3)ccc1C(=O)O.O=C(O)CCCc1ccc(CCC(O)(c2ccccc2)C2CN3CCC2CC3)cc1.O=C(O)c1ccc(CCC(O)(c2ccccc2)C2CN3CCC2CC3)cc1O.OC(CCc1ccc2[nH]ccc2c1)(c1ccccc1)C1CN2CCC1CC2.OC(CCc1cccnc1)(c1ccccc1)C1CN2CCC1CC2.[HH].[HH].[HH].[HH].[HH].[HH].[HH].[HH].[HH]. The van der Waals surface area contributed by atoms with Crippen LogP contribution in [0.3, 0.4) is 0 Å². The first-order valence-electron chi connectivity index (χ1n) is 51.2. The second-order valence-electron chi connectivity index (χ2n) is 41.5. The van der Waals surface area contributed by atoms with Crippen molar-refractivity contribution in [3.05, 3.63) is 340 Å². The number of aromatic hydroxyl groups is 1. The first-order valence-corrected chi connectivity index (χ1v) is 51.2. The molecule has 20 nitrogen and oxygen atoms in total. The lowest BCUT2D eigenvalue weighted by atomic mass is 9.66. The van der Waals surface area contributed by atoms with Crippen molar-refractivity contribution < 1.29 is 77.9 Å². The summed E-state index contributed by atoms with van der Waals surface area (Å²) in [7, 11) is 1.49. The van der Waals surface area contributed by atoms with Gasteiger partial charge in [0, 0.05) is 106 Å². The van der Waals surface area contributed by atoms with E-state index in [1.807, 2.05) is 128 Å². The number of benzene rings is 9. The van der Waals surface area contributed by atoms with Crippen LogP contribution in [0.2, 0.25) is 0 Å². The molecule has 15 fully saturated rings. The van der Waals surface area contributed by atoms with Crippen LogP contribution in [0, 0.1) is 59.2 Å². The van der Waals surface area contributed by atoms with Crippen LogP contribution in [0.5, 0.6) is 11.5 Å². The van der Waals surface area contributed by atoms with Crippen molar-refractivity contribution in [3.8, 4) is 11.5 Å². The van der Waals surface area contributed by atoms with Crippen LogP contribution < -0.4 is 4.74 Å². The summed E-state index contributed by atoms with van der Waals surface area (Å²) in [5.74, 6) is 1.59. The van der Waals surface area contributed by atoms with Gasteiger partial charge < -0.3 is 80.2 Å². The summed E-state index contributed by atoms with van der Waals surface area (Å²) in [6.07, 6.45) is 26.5. The lowest BCUT2D eigenvalue weighted by Gasteiger charge is -2.51. The Morgan fingerprint density at radius 1 is 0.355 bits per heavy atom. The molecule has 11 aromatic rings. The largest absolute Gasteiger partial charge is 0.507 e. The number of fused-ring (bicyclic) bond motifs is 16. The van der Waals surface area contributed by atoms with Gasteiger partial charge in [-0.15, -0.1) is 0 Å². The molecular weight excluding hydrogens is 1720 g/mol. The molecule has 20 heteroatoms. The third kappa shape index (κ3) is 23.3. The van der Waals surface area contributed by atoms with Crippen molar-refractivity contribution in [1.82, 2.24) is 34.5 Å². The molecule has 9 aromatic carbocycles. The minimum absolute atomic E-state index is 0. The average Bonchev–Trinajstić information content (AvgIpc) is 1.35. The van der Waals surface area contributed by atoms with E-state index >= 15 is 0 Å². The number of hydrogen-bond donors (Lipinski definition) is 10. The van der Waals surface area contributed by atoms with Crippen LogP contribution in [0.1, 0.15) is 204 Å². The second-order valence-corrected chi connectivity index (χ2v) is 41.5.